The monoisotopic (exact) mass is 322 g/mol. The molecule has 0 amide bonds. The number of imidazole rings is 1. The number of hydrogen-bond donors (Lipinski definition) is 4. The van der Waals surface area contributed by atoms with E-state index in [2.05, 4.69) is 72.4 Å². The highest BCUT2D eigenvalue weighted by Crippen LogP contribution is 2.11. The largest absolute Gasteiger partial charge is 0.487 e. The Labute approximate surface area is 131 Å². The molecule has 0 bridgehead atoms. The van der Waals surface area contributed by atoms with Crippen molar-refractivity contribution in [2.24, 2.45) is 11.5 Å². The minimum Gasteiger partial charge on any atom is -0.487 e. The van der Waals surface area contributed by atoms with Crippen molar-refractivity contribution in [1.82, 2.24) is 9.55 Å². The third kappa shape index (κ3) is 16.6. The smallest absolute Gasteiger partial charge is 0.251 e. The topological polar surface area (TPSA) is 110 Å². The lowest BCUT2D eigenvalue weighted by Gasteiger charge is -2.07. The second-order valence-corrected chi connectivity index (χ2v) is 4.65. The van der Waals surface area contributed by atoms with Crippen LogP contribution in [0, 0.1) is 0 Å². The van der Waals surface area contributed by atoms with E-state index in [1.54, 1.807) is 0 Å². The van der Waals surface area contributed by atoms with Crippen molar-refractivity contribution in [2.75, 3.05) is 0 Å². The summed E-state index contributed by atoms with van der Waals surface area (Å²) in [6, 6.07) is 0. The summed E-state index contributed by atoms with van der Waals surface area (Å²) < 4.78 is 2.23. The van der Waals surface area contributed by atoms with Crippen molar-refractivity contribution in [1.29, 1.82) is 0 Å². The van der Waals surface area contributed by atoms with Crippen molar-refractivity contribution < 1.29 is 10.2 Å². The summed E-state index contributed by atoms with van der Waals surface area (Å²) in [5, 5.41) is 14.1. The van der Waals surface area contributed by atoms with Gasteiger partial charge in [0, 0.05) is 24.9 Å². The van der Waals surface area contributed by atoms with Gasteiger partial charge in [-0.1, -0.05) is 28.2 Å². The van der Waals surface area contributed by atoms with Crippen LogP contribution in [-0.2, 0) is 6.54 Å². The van der Waals surface area contributed by atoms with E-state index in [1.165, 1.54) is 12.2 Å². The minimum absolute atomic E-state index is 0. The van der Waals surface area contributed by atoms with Crippen LogP contribution in [0.1, 0.15) is 46.4 Å². The number of thiocarbonyl (C=S) groups is 2. The van der Waals surface area contributed by atoms with E-state index in [1.807, 2.05) is 6.20 Å². The molecular formula is C12H26N4O2S2. The van der Waals surface area contributed by atoms with Crippen LogP contribution >= 0.6 is 24.4 Å². The molecular weight excluding hydrogens is 296 g/mol. The van der Waals surface area contributed by atoms with Crippen molar-refractivity contribution in [3.8, 4) is 0 Å². The van der Waals surface area contributed by atoms with E-state index in [-0.39, 0.29) is 7.43 Å². The lowest BCUT2D eigenvalue weighted by atomic mass is 10.2. The van der Waals surface area contributed by atoms with Gasteiger partial charge in [-0.3, -0.25) is 0 Å². The average molecular weight is 323 g/mol. The number of nitrogens with two attached hydrogens (primary N) is 2. The number of aliphatic hydroxyl groups excluding tert-OH is 2. The van der Waals surface area contributed by atoms with Gasteiger partial charge in [-0.15, -0.1) is 0 Å². The van der Waals surface area contributed by atoms with Gasteiger partial charge >= 0.3 is 0 Å². The van der Waals surface area contributed by atoms with Crippen LogP contribution in [-0.4, -0.2) is 30.1 Å². The molecule has 0 atom stereocenters. The molecule has 1 rings (SSSR count). The Kier molecular flexibility index (Phi) is 16.6. The first kappa shape index (κ1) is 23.7. The molecule has 0 radical (unpaired) electrons. The summed E-state index contributed by atoms with van der Waals surface area (Å²) in [6.07, 6.45) is 5.11. The molecule has 20 heavy (non-hydrogen) atoms. The summed E-state index contributed by atoms with van der Waals surface area (Å²) in [6.45, 7) is 7.63. The van der Waals surface area contributed by atoms with E-state index in [0.717, 1.165) is 6.54 Å². The Balaban J connectivity index is -0.000000272. The zero-order chi connectivity index (χ0) is 15.4. The van der Waals surface area contributed by atoms with Gasteiger partial charge in [0.15, 0.2) is 0 Å². The number of aromatic nitrogens is 2. The van der Waals surface area contributed by atoms with Crippen LogP contribution in [0.2, 0.25) is 0 Å². The zero-order valence-corrected chi connectivity index (χ0v) is 13.0. The maximum Gasteiger partial charge on any atom is 0.251 e. The molecule has 1 aromatic rings. The predicted molar refractivity (Wildman–Crippen MR) is 92.2 cm³/mol. The Morgan fingerprint density at radius 2 is 1.70 bits per heavy atom. The minimum atomic E-state index is -0.500. The Hall–Kier alpha value is -1.41. The molecule has 8 heteroatoms. The lowest BCUT2D eigenvalue weighted by Crippen LogP contribution is -2.03. The SMILES string of the molecule is C.CCCn1ccnc1C(C)C.NC(O)=S.NC(O)=S. The van der Waals surface area contributed by atoms with E-state index >= 15 is 0 Å². The molecule has 0 spiro atoms. The van der Waals surface area contributed by atoms with E-state index in [0.29, 0.717) is 5.92 Å². The van der Waals surface area contributed by atoms with Gasteiger partial charge in [0.25, 0.3) is 10.3 Å². The molecule has 1 heterocycles. The van der Waals surface area contributed by atoms with Crippen LogP contribution in [0.15, 0.2) is 12.4 Å². The first-order chi connectivity index (χ1) is 8.72. The Morgan fingerprint density at radius 3 is 2.00 bits per heavy atom. The van der Waals surface area contributed by atoms with E-state index in [9.17, 15) is 0 Å². The van der Waals surface area contributed by atoms with Gasteiger partial charge in [0.2, 0.25) is 0 Å². The number of rotatable bonds is 3. The van der Waals surface area contributed by atoms with Crippen molar-refractivity contribution in [3.63, 3.8) is 0 Å². The van der Waals surface area contributed by atoms with Gasteiger partial charge in [0.1, 0.15) is 5.82 Å². The molecule has 0 saturated carbocycles. The molecule has 0 unspecified atom stereocenters. The number of aliphatic hydroxyl groups is 2. The second-order valence-electron chi connectivity index (χ2n) is 3.81. The molecule has 0 aliphatic heterocycles. The summed E-state index contributed by atoms with van der Waals surface area (Å²) in [4.78, 5) is 4.30. The van der Waals surface area contributed by atoms with Crippen LogP contribution in [0.4, 0.5) is 0 Å². The number of hydrogen-bond acceptors (Lipinski definition) is 3. The van der Waals surface area contributed by atoms with Gasteiger partial charge in [0.05, 0.1) is 0 Å². The molecule has 0 saturated heterocycles. The summed E-state index contributed by atoms with van der Waals surface area (Å²) >= 11 is 7.74. The molecule has 0 aliphatic carbocycles. The molecule has 118 valence electrons. The number of nitrogens with zero attached hydrogens (tertiary/aromatic N) is 2. The predicted octanol–water partition coefficient (Wildman–Crippen LogP) is 2.63. The van der Waals surface area contributed by atoms with Gasteiger partial charge in [-0.2, -0.15) is 0 Å². The Morgan fingerprint density at radius 1 is 1.30 bits per heavy atom. The van der Waals surface area contributed by atoms with Crippen LogP contribution in [0.3, 0.4) is 0 Å². The first-order valence-electron chi connectivity index (χ1n) is 5.70. The fourth-order valence-electron chi connectivity index (χ4n) is 1.25. The summed E-state index contributed by atoms with van der Waals surface area (Å²) in [5.41, 5.74) is 8.80. The van der Waals surface area contributed by atoms with Crippen LogP contribution in [0.25, 0.3) is 0 Å². The van der Waals surface area contributed by atoms with Gasteiger partial charge in [-0.05, 0) is 30.9 Å². The first-order valence-corrected chi connectivity index (χ1v) is 6.51. The standard InChI is InChI=1S/C9H16N2.2CH3NOS.CH4/c1-4-6-11-7-5-10-9(11)8(2)3;2*2-1(3)4;/h5,7-8H,4,6H2,1-3H3;2*(H3,2,3,4);1H4. The van der Waals surface area contributed by atoms with E-state index < -0.39 is 10.3 Å². The highest BCUT2D eigenvalue weighted by molar-refractivity contribution is 7.80. The fourth-order valence-corrected chi connectivity index (χ4v) is 1.25. The van der Waals surface area contributed by atoms with Gasteiger partial charge < -0.3 is 26.2 Å². The van der Waals surface area contributed by atoms with E-state index in [4.69, 9.17) is 10.2 Å². The highest BCUT2D eigenvalue weighted by atomic mass is 32.1. The third-order valence-electron chi connectivity index (χ3n) is 1.73. The summed E-state index contributed by atoms with van der Waals surface area (Å²) in [5.74, 6) is 1.74. The molecule has 0 aromatic carbocycles. The third-order valence-corrected chi connectivity index (χ3v) is 1.73. The van der Waals surface area contributed by atoms with Crippen molar-refractivity contribution in [3.05, 3.63) is 18.2 Å². The quantitative estimate of drug-likeness (QED) is 0.633. The molecule has 0 fully saturated rings. The number of aryl methyl sites for hydroxylation is 1. The van der Waals surface area contributed by atoms with Crippen molar-refractivity contribution in [2.45, 2.75) is 47.1 Å². The Bertz CT molecular complexity index is 361. The van der Waals surface area contributed by atoms with Crippen LogP contribution < -0.4 is 11.5 Å². The fraction of sp³-hybridized carbons (Fsp3) is 0.583. The van der Waals surface area contributed by atoms with Gasteiger partial charge in [-0.25, -0.2) is 4.98 Å². The molecule has 1 aromatic heterocycles. The maximum atomic E-state index is 7.56. The summed E-state index contributed by atoms with van der Waals surface area (Å²) in [7, 11) is 0. The zero-order valence-electron chi connectivity index (χ0n) is 11.4. The maximum absolute atomic E-state index is 7.56. The van der Waals surface area contributed by atoms with Crippen molar-refractivity contribution >= 4 is 34.8 Å². The highest BCUT2D eigenvalue weighted by Gasteiger charge is 2.04. The lowest BCUT2D eigenvalue weighted by molar-refractivity contribution is 0.559. The second kappa shape index (κ2) is 14.0. The molecule has 0 aliphatic rings. The normalized spacial score (nSPS) is 8.40. The average Bonchev–Trinajstić information content (AvgIpc) is 2.64. The molecule has 6 N–H and O–H groups in total. The van der Waals surface area contributed by atoms with Crippen LogP contribution in [0.5, 0.6) is 0 Å². The molecule has 6 nitrogen and oxygen atoms in total.